The van der Waals surface area contributed by atoms with Crippen LogP contribution in [0.25, 0.3) is 0 Å². The Labute approximate surface area is 149 Å². The molecule has 0 aromatic carbocycles. The van der Waals surface area contributed by atoms with Crippen molar-refractivity contribution in [1.82, 2.24) is 0 Å². The highest BCUT2D eigenvalue weighted by molar-refractivity contribution is 5.80. The molecule has 0 aromatic rings. The summed E-state index contributed by atoms with van der Waals surface area (Å²) in [6, 6.07) is 0. The molecule has 4 rings (SSSR count). The lowest BCUT2D eigenvalue weighted by Gasteiger charge is -2.65. The predicted octanol–water partition coefficient (Wildman–Crippen LogP) is 3.02. The fourth-order valence-electron chi connectivity index (χ4n) is 6.77. The molecule has 3 heterocycles. The zero-order valence-corrected chi connectivity index (χ0v) is 15.8. The fraction of sp³-hybridized carbons (Fsp3) is 0.800. The molecule has 0 aromatic heterocycles. The van der Waals surface area contributed by atoms with Gasteiger partial charge in [-0.3, -0.25) is 9.59 Å². The molecule has 25 heavy (non-hydrogen) atoms. The van der Waals surface area contributed by atoms with Crippen LogP contribution in [0.3, 0.4) is 0 Å². The first-order valence-electron chi connectivity index (χ1n) is 9.20. The number of carbonyl (C=O) groups is 2. The van der Waals surface area contributed by atoms with E-state index in [2.05, 4.69) is 20.4 Å². The molecule has 3 saturated heterocycles. The van der Waals surface area contributed by atoms with Crippen LogP contribution in [0.5, 0.6) is 0 Å². The first-order chi connectivity index (χ1) is 11.5. The molecule has 1 aliphatic carbocycles. The van der Waals surface area contributed by atoms with Gasteiger partial charge in [0.25, 0.3) is 0 Å². The van der Waals surface area contributed by atoms with Crippen LogP contribution in [0.2, 0.25) is 0 Å². The van der Waals surface area contributed by atoms with E-state index >= 15 is 0 Å². The summed E-state index contributed by atoms with van der Waals surface area (Å²) in [6.45, 7) is 14.0. The number of hydrogen-bond acceptors (Lipinski definition) is 5. The molecule has 4 fully saturated rings. The van der Waals surface area contributed by atoms with Gasteiger partial charge in [-0.05, 0) is 33.1 Å². The predicted molar refractivity (Wildman–Crippen MR) is 90.6 cm³/mol. The quantitative estimate of drug-likeness (QED) is 0.538. The summed E-state index contributed by atoms with van der Waals surface area (Å²) in [5.41, 5.74) is -2.08. The van der Waals surface area contributed by atoms with Crippen LogP contribution in [0.15, 0.2) is 12.7 Å². The summed E-state index contributed by atoms with van der Waals surface area (Å²) in [5.74, 6) is -0.332. The highest BCUT2D eigenvalue weighted by Gasteiger charge is 2.73. The van der Waals surface area contributed by atoms with Gasteiger partial charge in [0.1, 0.15) is 12.2 Å². The molecule has 5 heteroatoms. The van der Waals surface area contributed by atoms with Crippen molar-refractivity contribution in [3.63, 3.8) is 0 Å². The Hall–Kier alpha value is -1.36. The molecule has 4 aliphatic rings. The Bertz CT molecular complexity index is 669. The third-order valence-electron chi connectivity index (χ3n) is 7.30. The minimum Gasteiger partial charge on any atom is -0.462 e. The normalized spacial score (nSPS) is 53.3. The maximum absolute atomic E-state index is 12.5. The summed E-state index contributed by atoms with van der Waals surface area (Å²) in [6.07, 6.45) is 2.88. The highest BCUT2D eigenvalue weighted by Crippen LogP contribution is 2.66. The molecule has 0 radical (unpaired) electrons. The highest BCUT2D eigenvalue weighted by atomic mass is 16.6. The van der Waals surface area contributed by atoms with Crippen molar-refractivity contribution in [2.75, 3.05) is 0 Å². The number of ether oxygens (including phenoxy) is 3. The van der Waals surface area contributed by atoms with E-state index in [0.717, 1.165) is 0 Å². The van der Waals surface area contributed by atoms with Gasteiger partial charge in [0.2, 0.25) is 0 Å². The summed E-state index contributed by atoms with van der Waals surface area (Å²) >= 11 is 0. The number of fused-ring (bicyclic) bond motifs is 2. The van der Waals surface area contributed by atoms with E-state index in [1.54, 1.807) is 6.08 Å². The Balaban J connectivity index is 1.87. The average molecular weight is 348 g/mol. The Morgan fingerprint density at radius 1 is 1.00 bits per heavy atom. The third-order valence-corrected chi connectivity index (χ3v) is 7.30. The Kier molecular flexibility index (Phi) is 3.19. The van der Waals surface area contributed by atoms with Crippen molar-refractivity contribution in [3.8, 4) is 0 Å². The summed E-state index contributed by atoms with van der Waals surface area (Å²) in [7, 11) is 0. The zero-order valence-electron chi connectivity index (χ0n) is 15.8. The first kappa shape index (κ1) is 17.1. The largest absolute Gasteiger partial charge is 0.462 e. The maximum atomic E-state index is 12.5. The van der Waals surface area contributed by atoms with Crippen LogP contribution in [0.4, 0.5) is 0 Å². The Morgan fingerprint density at radius 2 is 1.64 bits per heavy atom. The van der Waals surface area contributed by atoms with Crippen molar-refractivity contribution < 1.29 is 23.8 Å². The lowest BCUT2D eigenvalue weighted by molar-refractivity contribution is -0.301. The summed E-state index contributed by atoms with van der Waals surface area (Å²) in [5, 5.41) is 0. The number of rotatable bonds is 1. The standard InChI is InChI=1S/C20H28O5/c1-7-18(4)8-11-15-19(5,10-13(21)23-11)14-12(9-20(15,6)25-18)24-16(22)17(14,2)3/h7,11-12,14-15H,1,8-10H2,2-6H3/t11-,12+,14+,15-,18-,19+,20-/m1/s1. The molecule has 0 spiro atoms. The van der Waals surface area contributed by atoms with Crippen LogP contribution in [-0.2, 0) is 23.8 Å². The molecule has 5 nitrogen and oxygen atoms in total. The van der Waals surface area contributed by atoms with Gasteiger partial charge in [-0.1, -0.05) is 13.0 Å². The van der Waals surface area contributed by atoms with Crippen molar-refractivity contribution >= 4 is 11.9 Å². The van der Waals surface area contributed by atoms with E-state index < -0.39 is 22.0 Å². The second kappa shape index (κ2) is 4.67. The zero-order chi connectivity index (χ0) is 18.4. The van der Waals surface area contributed by atoms with E-state index in [-0.39, 0.29) is 36.0 Å². The molecule has 3 aliphatic heterocycles. The van der Waals surface area contributed by atoms with Crippen LogP contribution < -0.4 is 0 Å². The summed E-state index contributed by atoms with van der Waals surface area (Å²) < 4.78 is 18.2. The molecule has 138 valence electrons. The first-order valence-corrected chi connectivity index (χ1v) is 9.20. The van der Waals surface area contributed by atoms with Crippen LogP contribution >= 0.6 is 0 Å². The molecule has 0 unspecified atom stereocenters. The Morgan fingerprint density at radius 3 is 2.28 bits per heavy atom. The van der Waals surface area contributed by atoms with Crippen LogP contribution in [-0.4, -0.2) is 35.3 Å². The maximum Gasteiger partial charge on any atom is 0.312 e. The summed E-state index contributed by atoms with van der Waals surface area (Å²) in [4.78, 5) is 25.0. The third kappa shape index (κ3) is 2.05. The topological polar surface area (TPSA) is 61.8 Å². The molecule has 0 bridgehead atoms. The van der Waals surface area contributed by atoms with Gasteiger partial charge in [0.05, 0.1) is 23.0 Å². The minimum absolute atomic E-state index is 0.0161. The molecule has 0 amide bonds. The van der Waals surface area contributed by atoms with Crippen molar-refractivity contribution in [1.29, 1.82) is 0 Å². The number of hydrogen-bond donors (Lipinski definition) is 0. The van der Waals surface area contributed by atoms with E-state index in [1.165, 1.54) is 0 Å². The van der Waals surface area contributed by atoms with Crippen molar-refractivity contribution in [3.05, 3.63) is 12.7 Å². The fourth-order valence-corrected chi connectivity index (χ4v) is 6.77. The van der Waals surface area contributed by atoms with Gasteiger partial charge >= 0.3 is 11.9 Å². The minimum atomic E-state index is -0.609. The van der Waals surface area contributed by atoms with Gasteiger partial charge in [0, 0.05) is 24.7 Å². The molecule has 1 saturated carbocycles. The SMILES string of the molecule is C=C[C@]1(C)C[C@H]2OC(=O)C[C@]3(C)[C@@H]2[C@@](C)(C[C@@H]2OC(=O)C(C)(C)[C@H]23)O1. The van der Waals surface area contributed by atoms with Gasteiger partial charge in [0.15, 0.2) is 0 Å². The second-order valence-corrected chi connectivity index (χ2v) is 9.67. The number of carbonyl (C=O) groups excluding carboxylic acids is 2. The lowest BCUT2D eigenvalue weighted by atomic mass is 9.46. The van der Waals surface area contributed by atoms with E-state index in [4.69, 9.17) is 14.2 Å². The molecule has 0 N–H and O–H groups in total. The second-order valence-electron chi connectivity index (χ2n) is 9.67. The van der Waals surface area contributed by atoms with E-state index in [9.17, 15) is 9.59 Å². The lowest BCUT2D eigenvalue weighted by Crippen LogP contribution is -2.70. The van der Waals surface area contributed by atoms with Crippen molar-refractivity contribution in [2.45, 2.75) is 77.3 Å². The van der Waals surface area contributed by atoms with Gasteiger partial charge < -0.3 is 14.2 Å². The van der Waals surface area contributed by atoms with Crippen LogP contribution in [0, 0.1) is 22.7 Å². The van der Waals surface area contributed by atoms with Gasteiger partial charge in [-0.15, -0.1) is 6.58 Å². The average Bonchev–Trinajstić information content (AvgIpc) is 2.65. The molecule has 7 atom stereocenters. The smallest absolute Gasteiger partial charge is 0.312 e. The molecular weight excluding hydrogens is 320 g/mol. The van der Waals surface area contributed by atoms with E-state index in [0.29, 0.717) is 19.3 Å². The monoisotopic (exact) mass is 348 g/mol. The number of esters is 2. The van der Waals surface area contributed by atoms with Crippen molar-refractivity contribution in [2.24, 2.45) is 22.7 Å². The van der Waals surface area contributed by atoms with E-state index in [1.807, 2.05) is 20.8 Å². The van der Waals surface area contributed by atoms with Gasteiger partial charge in [-0.25, -0.2) is 0 Å². The van der Waals surface area contributed by atoms with Gasteiger partial charge in [-0.2, -0.15) is 0 Å². The molecular formula is C20H28O5. The van der Waals surface area contributed by atoms with Crippen LogP contribution in [0.1, 0.15) is 53.9 Å².